The summed E-state index contributed by atoms with van der Waals surface area (Å²) in [5.41, 5.74) is 8.99. The van der Waals surface area contributed by atoms with E-state index >= 15 is 0 Å². The molecular formula is C29H27NO. The number of benzene rings is 3. The van der Waals surface area contributed by atoms with E-state index in [-0.39, 0.29) is 0 Å². The van der Waals surface area contributed by atoms with Crippen LogP contribution in [0.2, 0.25) is 0 Å². The van der Waals surface area contributed by atoms with Gasteiger partial charge in [0.1, 0.15) is 11.2 Å². The zero-order valence-electron chi connectivity index (χ0n) is 18.5. The second kappa shape index (κ2) is 7.70. The van der Waals surface area contributed by atoms with E-state index < -0.39 is 0 Å². The van der Waals surface area contributed by atoms with Crippen molar-refractivity contribution in [1.29, 1.82) is 0 Å². The Balaban J connectivity index is 1.57. The van der Waals surface area contributed by atoms with Gasteiger partial charge in [-0.3, -0.25) is 4.98 Å². The zero-order chi connectivity index (χ0) is 21.5. The number of nitrogens with zero attached hydrogens (tertiary/aromatic N) is 1. The van der Waals surface area contributed by atoms with Crippen molar-refractivity contribution in [2.24, 2.45) is 0 Å². The normalized spacial score (nSPS) is 11.8. The van der Waals surface area contributed by atoms with E-state index in [4.69, 9.17) is 4.42 Å². The predicted octanol–water partition coefficient (Wildman–Crippen LogP) is 8.56. The van der Waals surface area contributed by atoms with Gasteiger partial charge in [0.2, 0.25) is 0 Å². The molecule has 5 rings (SSSR count). The Kier molecular flexibility index (Phi) is 4.86. The third-order valence-electron chi connectivity index (χ3n) is 6.13. The SMILES string of the molecule is CC(C)c1ccc(-c2ccc3c(c2)oc2ccc(-c4cc(C(C)C)ccn4)cc23)cc1. The summed E-state index contributed by atoms with van der Waals surface area (Å²) in [7, 11) is 0. The van der Waals surface area contributed by atoms with Gasteiger partial charge in [0.25, 0.3) is 0 Å². The van der Waals surface area contributed by atoms with Gasteiger partial charge in [-0.15, -0.1) is 0 Å². The summed E-state index contributed by atoms with van der Waals surface area (Å²) in [6.45, 7) is 8.86. The smallest absolute Gasteiger partial charge is 0.136 e. The topological polar surface area (TPSA) is 26.0 Å². The quantitative estimate of drug-likeness (QED) is 0.299. The van der Waals surface area contributed by atoms with E-state index in [2.05, 4.69) is 105 Å². The van der Waals surface area contributed by atoms with Crippen LogP contribution in [-0.2, 0) is 0 Å². The Hall–Kier alpha value is -3.39. The van der Waals surface area contributed by atoms with Crippen molar-refractivity contribution in [3.63, 3.8) is 0 Å². The predicted molar refractivity (Wildman–Crippen MR) is 131 cm³/mol. The van der Waals surface area contributed by atoms with Gasteiger partial charge in [0.15, 0.2) is 0 Å². The molecule has 0 amide bonds. The van der Waals surface area contributed by atoms with Crippen molar-refractivity contribution in [1.82, 2.24) is 4.98 Å². The van der Waals surface area contributed by atoms with Crippen LogP contribution < -0.4 is 0 Å². The van der Waals surface area contributed by atoms with Crippen molar-refractivity contribution in [2.75, 3.05) is 0 Å². The van der Waals surface area contributed by atoms with Gasteiger partial charge in [-0.05, 0) is 76.6 Å². The van der Waals surface area contributed by atoms with Gasteiger partial charge in [0.05, 0.1) is 5.69 Å². The standard InChI is InChI=1S/C29H27NO/c1-18(2)20-5-7-21(8-6-20)23-9-11-25-26-15-24(10-12-28(26)31-29(25)17-23)27-16-22(19(3)4)13-14-30-27/h5-19H,1-4H3. The maximum atomic E-state index is 6.21. The molecule has 0 fully saturated rings. The summed E-state index contributed by atoms with van der Waals surface area (Å²) in [5, 5.41) is 2.27. The molecule has 31 heavy (non-hydrogen) atoms. The third-order valence-corrected chi connectivity index (χ3v) is 6.13. The molecule has 0 saturated carbocycles. The molecule has 0 aliphatic rings. The lowest BCUT2D eigenvalue weighted by molar-refractivity contribution is 0.669. The minimum absolute atomic E-state index is 0.480. The highest BCUT2D eigenvalue weighted by molar-refractivity contribution is 6.07. The number of furan rings is 1. The van der Waals surface area contributed by atoms with Crippen LogP contribution in [0.3, 0.4) is 0 Å². The summed E-state index contributed by atoms with van der Waals surface area (Å²) in [6.07, 6.45) is 1.90. The number of pyridine rings is 1. The summed E-state index contributed by atoms with van der Waals surface area (Å²) in [5.74, 6) is 1.02. The minimum atomic E-state index is 0.480. The van der Waals surface area contributed by atoms with Crippen LogP contribution in [0.1, 0.15) is 50.7 Å². The zero-order valence-corrected chi connectivity index (χ0v) is 18.5. The molecule has 154 valence electrons. The lowest BCUT2D eigenvalue weighted by Crippen LogP contribution is -1.90. The molecule has 0 aliphatic heterocycles. The first-order valence-electron chi connectivity index (χ1n) is 11.0. The van der Waals surface area contributed by atoms with Crippen molar-refractivity contribution < 1.29 is 4.42 Å². The van der Waals surface area contributed by atoms with E-state index in [1.807, 2.05) is 6.20 Å². The Bertz CT molecular complexity index is 1370. The molecule has 2 aromatic heterocycles. The molecule has 0 unspecified atom stereocenters. The van der Waals surface area contributed by atoms with Gasteiger partial charge >= 0.3 is 0 Å². The van der Waals surface area contributed by atoms with Crippen molar-refractivity contribution >= 4 is 21.9 Å². The molecule has 0 radical (unpaired) electrons. The number of hydrogen-bond acceptors (Lipinski definition) is 2. The lowest BCUT2D eigenvalue weighted by Gasteiger charge is -2.07. The maximum Gasteiger partial charge on any atom is 0.136 e. The van der Waals surface area contributed by atoms with Crippen LogP contribution in [0.15, 0.2) is 83.4 Å². The molecule has 0 spiro atoms. The number of aromatic nitrogens is 1. The summed E-state index contributed by atoms with van der Waals surface area (Å²) < 4.78 is 6.21. The highest BCUT2D eigenvalue weighted by Gasteiger charge is 2.11. The fraction of sp³-hybridized carbons (Fsp3) is 0.207. The van der Waals surface area contributed by atoms with E-state index in [0.717, 1.165) is 33.2 Å². The molecule has 5 aromatic rings. The van der Waals surface area contributed by atoms with Crippen molar-refractivity contribution in [2.45, 2.75) is 39.5 Å². The first kappa shape index (κ1) is 19.6. The minimum Gasteiger partial charge on any atom is -0.456 e. The fourth-order valence-electron chi connectivity index (χ4n) is 4.14. The van der Waals surface area contributed by atoms with E-state index in [0.29, 0.717) is 11.8 Å². The molecule has 2 heteroatoms. The monoisotopic (exact) mass is 405 g/mol. The van der Waals surface area contributed by atoms with Gasteiger partial charge in [-0.2, -0.15) is 0 Å². The van der Waals surface area contributed by atoms with Crippen LogP contribution in [0, 0.1) is 0 Å². The van der Waals surface area contributed by atoms with Crippen LogP contribution in [0.25, 0.3) is 44.3 Å². The van der Waals surface area contributed by atoms with Crippen LogP contribution >= 0.6 is 0 Å². The van der Waals surface area contributed by atoms with Crippen LogP contribution in [0.4, 0.5) is 0 Å². The molecule has 0 N–H and O–H groups in total. The largest absolute Gasteiger partial charge is 0.456 e. The molecule has 2 heterocycles. The Morgan fingerprint density at radius 1 is 0.581 bits per heavy atom. The molecule has 0 aliphatic carbocycles. The average molecular weight is 406 g/mol. The highest BCUT2D eigenvalue weighted by atomic mass is 16.3. The summed E-state index contributed by atoms with van der Waals surface area (Å²) in [4.78, 5) is 4.61. The molecule has 3 aromatic carbocycles. The fourth-order valence-corrected chi connectivity index (χ4v) is 4.14. The third kappa shape index (κ3) is 3.63. The van der Waals surface area contributed by atoms with Gasteiger partial charge in [-0.1, -0.05) is 58.0 Å². The molecule has 0 atom stereocenters. The van der Waals surface area contributed by atoms with Gasteiger partial charge < -0.3 is 4.42 Å². The average Bonchev–Trinajstić information content (AvgIpc) is 3.16. The van der Waals surface area contributed by atoms with E-state index in [1.165, 1.54) is 22.3 Å². The Labute approximate surface area is 183 Å². The molecule has 0 saturated heterocycles. The number of hydrogen-bond donors (Lipinski definition) is 0. The number of rotatable bonds is 4. The van der Waals surface area contributed by atoms with Crippen LogP contribution in [-0.4, -0.2) is 4.98 Å². The van der Waals surface area contributed by atoms with Gasteiger partial charge in [-0.25, -0.2) is 0 Å². The van der Waals surface area contributed by atoms with Crippen LogP contribution in [0.5, 0.6) is 0 Å². The van der Waals surface area contributed by atoms with Crippen molar-refractivity contribution in [3.8, 4) is 22.4 Å². The first-order chi connectivity index (χ1) is 15.0. The second-order valence-corrected chi connectivity index (χ2v) is 8.93. The highest BCUT2D eigenvalue weighted by Crippen LogP contribution is 2.35. The van der Waals surface area contributed by atoms with E-state index in [1.54, 1.807) is 0 Å². The second-order valence-electron chi connectivity index (χ2n) is 8.93. The van der Waals surface area contributed by atoms with E-state index in [9.17, 15) is 0 Å². The Morgan fingerprint density at radius 2 is 1.29 bits per heavy atom. The number of fused-ring (bicyclic) bond motifs is 3. The molecule has 2 nitrogen and oxygen atoms in total. The summed E-state index contributed by atoms with van der Waals surface area (Å²) in [6, 6.07) is 26.0. The molecule has 0 bridgehead atoms. The van der Waals surface area contributed by atoms with Crippen molar-refractivity contribution in [3.05, 3.63) is 90.1 Å². The summed E-state index contributed by atoms with van der Waals surface area (Å²) >= 11 is 0. The maximum absolute atomic E-state index is 6.21. The Morgan fingerprint density at radius 3 is 2.03 bits per heavy atom. The lowest BCUT2D eigenvalue weighted by atomic mass is 9.98. The molecular weight excluding hydrogens is 378 g/mol. The van der Waals surface area contributed by atoms with Gasteiger partial charge in [0, 0.05) is 22.5 Å². The first-order valence-corrected chi connectivity index (χ1v) is 11.0.